The van der Waals surface area contributed by atoms with Crippen molar-refractivity contribution in [2.24, 2.45) is 5.92 Å². The van der Waals surface area contributed by atoms with Gasteiger partial charge in [0.05, 0.1) is 0 Å². The van der Waals surface area contributed by atoms with E-state index < -0.39 is 0 Å². The molecular weight excluding hydrogens is 254 g/mol. The van der Waals surface area contributed by atoms with Gasteiger partial charge in [0.15, 0.2) is 0 Å². The molecule has 1 atom stereocenters. The lowest BCUT2D eigenvalue weighted by Crippen LogP contribution is -2.30. The zero-order valence-electron chi connectivity index (χ0n) is 12.6. The van der Waals surface area contributed by atoms with Gasteiger partial charge in [0.1, 0.15) is 12.4 Å². The Labute approximate surface area is 122 Å². The molecule has 0 aromatic heterocycles. The van der Waals surface area contributed by atoms with Crippen molar-refractivity contribution in [2.75, 3.05) is 19.4 Å². The molecule has 1 aromatic carbocycles. The Morgan fingerprint density at radius 3 is 2.58 bits per heavy atom. The first-order valence-electron chi connectivity index (χ1n) is 7.12. The summed E-state index contributed by atoms with van der Waals surface area (Å²) in [5.41, 5.74) is 0. The molecule has 0 spiro atoms. The molecule has 0 aliphatic carbocycles. The highest BCUT2D eigenvalue weighted by molar-refractivity contribution is 7.98. The van der Waals surface area contributed by atoms with Crippen molar-refractivity contribution in [3.63, 3.8) is 0 Å². The van der Waals surface area contributed by atoms with E-state index in [1.807, 2.05) is 18.2 Å². The van der Waals surface area contributed by atoms with E-state index in [0.29, 0.717) is 6.04 Å². The van der Waals surface area contributed by atoms with Crippen LogP contribution < -0.4 is 10.1 Å². The highest BCUT2D eigenvalue weighted by Crippen LogP contribution is 2.26. The van der Waals surface area contributed by atoms with Crippen molar-refractivity contribution >= 4 is 11.8 Å². The summed E-state index contributed by atoms with van der Waals surface area (Å²) in [5.74, 6) is 1.78. The van der Waals surface area contributed by atoms with Gasteiger partial charge < -0.3 is 10.1 Å². The van der Waals surface area contributed by atoms with E-state index in [-0.39, 0.29) is 0 Å². The largest absolute Gasteiger partial charge is 0.491 e. The van der Waals surface area contributed by atoms with Crippen LogP contribution in [0.25, 0.3) is 0 Å². The molecule has 0 fully saturated rings. The Bertz CT molecular complexity index is 354. The maximum Gasteiger partial charge on any atom is 0.132 e. The topological polar surface area (TPSA) is 21.3 Å². The minimum absolute atomic E-state index is 0.571. The second-order valence-electron chi connectivity index (χ2n) is 5.33. The van der Waals surface area contributed by atoms with Crippen LogP contribution in [0.15, 0.2) is 29.2 Å². The zero-order chi connectivity index (χ0) is 14.1. The minimum Gasteiger partial charge on any atom is -0.491 e. The van der Waals surface area contributed by atoms with E-state index in [2.05, 4.69) is 38.4 Å². The molecule has 0 amide bonds. The van der Waals surface area contributed by atoms with Crippen LogP contribution in [0.5, 0.6) is 5.75 Å². The van der Waals surface area contributed by atoms with Gasteiger partial charge in [0, 0.05) is 17.5 Å². The molecular formula is C16H27NOS. The molecule has 0 saturated heterocycles. The molecule has 1 N–H and O–H groups in total. The molecule has 0 heterocycles. The van der Waals surface area contributed by atoms with Crippen LogP contribution in [0.1, 0.15) is 33.6 Å². The summed E-state index contributed by atoms with van der Waals surface area (Å²) in [4.78, 5) is 1.20. The van der Waals surface area contributed by atoms with Gasteiger partial charge in [-0.25, -0.2) is 0 Å². The predicted octanol–water partition coefficient (Wildman–Crippen LogP) is 4.20. The van der Waals surface area contributed by atoms with Gasteiger partial charge in [0.2, 0.25) is 0 Å². The van der Waals surface area contributed by atoms with Crippen LogP contribution in [-0.4, -0.2) is 25.4 Å². The molecule has 0 saturated carbocycles. The fourth-order valence-corrected chi connectivity index (χ4v) is 2.43. The van der Waals surface area contributed by atoms with E-state index in [4.69, 9.17) is 4.74 Å². The van der Waals surface area contributed by atoms with E-state index in [0.717, 1.165) is 24.8 Å². The standard InChI is InChI=1S/C16H27NOS/c1-13(2)9-10-14(3)17-11-12-18-15-7-5-6-8-16(15)19-4/h5-8,13-14,17H,9-12H2,1-4H3. The van der Waals surface area contributed by atoms with Crippen LogP contribution in [-0.2, 0) is 0 Å². The number of nitrogens with one attached hydrogen (secondary N) is 1. The van der Waals surface area contributed by atoms with Crippen LogP contribution in [0, 0.1) is 5.92 Å². The monoisotopic (exact) mass is 281 g/mol. The molecule has 1 aromatic rings. The maximum absolute atomic E-state index is 5.82. The predicted molar refractivity (Wildman–Crippen MR) is 85.3 cm³/mol. The first kappa shape index (κ1) is 16.4. The molecule has 1 rings (SSSR count). The average Bonchev–Trinajstić information content (AvgIpc) is 2.41. The summed E-state index contributed by atoms with van der Waals surface area (Å²) in [7, 11) is 0. The highest BCUT2D eigenvalue weighted by atomic mass is 32.2. The normalized spacial score (nSPS) is 12.7. The quantitative estimate of drug-likeness (QED) is 0.541. The Morgan fingerprint density at radius 1 is 1.16 bits per heavy atom. The van der Waals surface area contributed by atoms with E-state index in [9.17, 15) is 0 Å². The third-order valence-electron chi connectivity index (χ3n) is 3.10. The first-order chi connectivity index (χ1) is 9.13. The Balaban J connectivity index is 2.20. The Hall–Kier alpha value is -0.670. The number of hydrogen-bond acceptors (Lipinski definition) is 3. The summed E-state index contributed by atoms with van der Waals surface area (Å²) < 4.78 is 5.82. The summed E-state index contributed by atoms with van der Waals surface area (Å²) in [5, 5.41) is 3.51. The highest BCUT2D eigenvalue weighted by Gasteiger charge is 2.04. The summed E-state index contributed by atoms with van der Waals surface area (Å²) in [6, 6.07) is 8.77. The lowest BCUT2D eigenvalue weighted by Gasteiger charge is -2.16. The van der Waals surface area contributed by atoms with E-state index >= 15 is 0 Å². The molecule has 108 valence electrons. The van der Waals surface area contributed by atoms with Gasteiger partial charge in [-0.05, 0) is 44.1 Å². The van der Waals surface area contributed by atoms with Crippen LogP contribution >= 0.6 is 11.8 Å². The van der Waals surface area contributed by atoms with E-state index in [1.54, 1.807) is 11.8 Å². The molecule has 2 nitrogen and oxygen atoms in total. The number of rotatable bonds is 9. The van der Waals surface area contributed by atoms with Gasteiger partial charge >= 0.3 is 0 Å². The van der Waals surface area contributed by atoms with Crippen molar-refractivity contribution in [1.29, 1.82) is 0 Å². The lowest BCUT2D eigenvalue weighted by molar-refractivity contribution is 0.297. The third-order valence-corrected chi connectivity index (χ3v) is 3.88. The Kier molecular flexibility index (Phi) is 7.99. The molecule has 0 aliphatic rings. The molecule has 19 heavy (non-hydrogen) atoms. The first-order valence-corrected chi connectivity index (χ1v) is 8.35. The van der Waals surface area contributed by atoms with E-state index in [1.165, 1.54) is 17.7 Å². The van der Waals surface area contributed by atoms with Crippen LogP contribution in [0.2, 0.25) is 0 Å². The SMILES string of the molecule is CSc1ccccc1OCCNC(C)CCC(C)C. The lowest BCUT2D eigenvalue weighted by atomic mass is 10.0. The summed E-state index contributed by atoms with van der Waals surface area (Å²) in [6.07, 6.45) is 4.60. The van der Waals surface area contributed by atoms with Crippen molar-refractivity contribution < 1.29 is 4.74 Å². The third kappa shape index (κ3) is 6.88. The summed E-state index contributed by atoms with van der Waals surface area (Å²) in [6.45, 7) is 8.42. The fraction of sp³-hybridized carbons (Fsp3) is 0.625. The summed E-state index contributed by atoms with van der Waals surface area (Å²) >= 11 is 1.73. The number of benzene rings is 1. The van der Waals surface area contributed by atoms with Gasteiger partial charge in [0.25, 0.3) is 0 Å². The number of thioether (sulfide) groups is 1. The number of hydrogen-bond donors (Lipinski definition) is 1. The zero-order valence-corrected chi connectivity index (χ0v) is 13.4. The average molecular weight is 281 g/mol. The molecule has 0 radical (unpaired) electrons. The van der Waals surface area contributed by atoms with Crippen molar-refractivity contribution in [1.82, 2.24) is 5.32 Å². The molecule has 3 heteroatoms. The van der Waals surface area contributed by atoms with Crippen LogP contribution in [0.3, 0.4) is 0 Å². The molecule has 1 unspecified atom stereocenters. The van der Waals surface area contributed by atoms with Gasteiger partial charge in [-0.15, -0.1) is 11.8 Å². The minimum atomic E-state index is 0.571. The van der Waals surface area contributed by atoms with Crippen LogP contribution in [0.4, 0.5) is 0 Å². The van der Waals surface area contributed by atoms with Gasteiger partial charge in [-0.3, -0.25) is 0 Å². The second kappa shape index (κ2) is 9.27. The number of para-hydroxylation sites is 1. The fourth-order valence-electron chi connectivity index (χ4n) is 1.89. The van der Waals surface area contributed by atoms with Gasteiger partial charge in [-0.1, -0.05) is 26.0 Å². The Morgan fingerprint density at radius 2 is 1.89 bits per heavy atom. The van der Waals surface area contributed by atoms with Gasteiger partial charge in [-0.2, -0.15) is 0 Å². The molecule has 0 bridgehead atoms. The van der Waals surface area contributed by atoms with Crippen molar-refractivity contribution in [3.05, 3.63) is 24.3 Å². The molecule has 0 aliphatic heterocycles. The maximum atomic E-state index is 5.82. The smallest absolute Gasteiger partial charge is 0.132 e. The second-order valence-corrected chi connectivity index (χ2v) is 6.17. The number of ether oxygens (including phenoxy) is 1. The van der Waals surface area contributed by atoms with Crippen molar-refractivity contribution in [2.45, 2.75) is 44.6 Å². The van der Waals surface area contributed by atoms with Crippen molar-refractivity contribution in [3.8, 4) is 5.75 Å².